The Morgan fingerprint density at radius 2 is 1.86 bits per heavy atom. The number of β-amino-alcohol motifs (C(OH)–C–C–N with tert-alkyl or cyclic N) is 1. The molecule has 1 aliphatic heterocycles. The number of hydrogen-bond donors (Lipinski definition) is 2. The number of benzene rings is 1. The zero-order valence-corrected chi connectivity index (χ0v) is 15.3. The Kier molecular flexibility index (Phi) is 5.16. The molecule has 1 aromatic heterocycles. The third kappa shape index (κ3) is 3.93. The Labute approximate surface area is 162 Å². The number of aliphatic hydroxyl groups is 1. The van der Waals surface area contributed by atoms with Crippen molar-refractivity contribution >= 4 is 0 Å². The Balaban J connectivity index is 1.29. The highest BCUT2D eigenvalue weighted by atomic mass is 19.1. The molecular formula is C21H22FN3O3. The lowest BCUT2D eigenvalue weighted by Gasteiger charge is -2.22. The molecule has 1 aliphatic carbocycles. The third-order valence-corrected chi connectivity index (χ3v) is 5.69. The van der Waals surface area contributed by atoms with Crippen molar-refractivity contribution in [2.75, 3.05) is 19.6 Å². The molecule has 0 radical (unpaired) electrons. The lowest BCUT2D eigenvalue weighted by Crippen LogP contribution is -2.29. The van der Waals surface area contributed by atoms with Gasteiger partial charge in [-0.15, -0.1) is 0 Å². The number of hydrogen-bond acceptors (Lipinski definition) is 6. The predicted octanol–water partition coefficient (Wildman–Crippen LogP) is 2.62. The van der Waals surface area contributed by atoms with E-state index >= 15 is 0 Å². The van der Waals surface area contributed by atoms with E-state index in [1.54, 1.807) is 12.1 Å². The Morgan fingerprint density at radius 3 is 2.46 bits per heavy atom. The minimum absolute atomic E-state index is 0.169. The van der Waals surface area contributed by atoms with E-state index < -0.39 is 17.8 Å². The van der Waals surface area contributed by atoms with E-state index in [0.29, 0.717) is 23.9 Å². The summed E-state index contributed by atoms with van der Waals surface area (Å²) in [7, 11) is 0. The number of halogens is 1. The van der Waals surface area contributed by atoms with Gasteiger partial charge in [-0.25, -0.2) is 4.98 Å². The van der Waals surface area contributed by atoms with E-state index in [0.717, 1.165) is 31.7 Å². The summed E-state index contributed by atoms with van der Waals surface area (Å²) in [5.41, 5.74) is 0.849. The van der Waals surface area contributed by atoms with Gasteiger partial charge in [-0.05, 0) is 61.1 Å². The predicted molar refractivity (Wildman–Crippen MR) is 99.0 cm³/mol. The van der Waals surface area contributed by atoms with Crippen molar-refractivity contribution in [3.05, 3.63) is 53.6 Å². The van der Waals surface area contributed by atoms with Crippen LogP contribution in [0.1, 0.15) is 30.2 Å². The summed E-state index contributed by atoms with van der Waals surface area (Å²) in [4.78, 5) is 5.81. The molecule has 1 saturated heterocycles. The SMILES string of the molecule is N#Cc1ccc(OC2C[C@@H]3CN(C[C@H](O)c4ccc(O)c(F)n4)C[C@@H]3C2)cc1. The van der Waals surface area contributed by atoms with Crippen LogP contribution in [0.5, 0.6) is 11.5 Å². The van der Waals surface area contributed by atoms with Crippen LogP contribution in [0.15, 0.2) is 36.4 Å². The molecule has 0 amide bonds. The highest BCUT2D eigenvalue weighted by Gasteiger charge is 2.42. The number of aliphatic hydroxyl groups excluding tert-OH is 1. The normalized spacial score (nSPS) is 25.2. The van der Waals surface area contributed by atoms with Gasteiger partial charge in [0.05, 0.1) is 23.4 Å². The lowest BCUT2D eigenvalue weighted by molar-refractivity contribution is 0.112. The van der Waals surface area contributed by atoms with Crippen molar-refractivity contribution in [1.82, 2.24) is 9.88 Å². The number of fused-ring (bicyclic) bond motifs is 1. The molecule has 1 saturated carbocycles. The number of aromatic nitrogens is 1. The number of nitriles is 1. The molecule has 28 heavy (non-hydrogen) atoms. The maximum absolute atomic E-state index is 13.4. The molecule has 0 spiro atoms. The van der Waals surface area contributed by atoms with Crippen LogP contribution in [0.3, 0.4) is 0 Å². The molecule has 1 unspecified atom stereocenters. The average Bonchev–Trinajstić information content (AvgIpc) is 3.22. The Bertz CT molecular complexity index is 869. The minimum atomic E-state index is -0.961. The maximum Gasteiger partial charge on any atom is 0.255 e. The number of rotatable bonds is 5. The van der Waals surface area contributed by atoms with Crippen molar-refractivity contribution in [2.24, 2.45) is 11.8 Å². The summed E-state index contributed by atoms with van der Waals surface area (Å²) < 4.78 is 19.5. The van der Waals surface area contributed by atoms with E-state index in [-0.39, 0.29) is 11.8 Å². The van der Waals surface area contributed by atoms with Crippen molar-refractivity contribution in [2.45, 2.75) is 25.0 Å². The van der Waals surface area contributed by atoms with E-state index in [9.17, 15) is 14.6 Å². The largest absolute Gasteiger partial charge is 0.504 e. The summed E-state index contributed by atoms with van der Waals surface area (Å²) in [5.74, 6) is 0.342. The summed E-state index contributed by atoms with van der Waals surface area (Å²) in [6.07, 6.45) is 1.20. The lowest BCUT2D eigenvalue weighted by atomic mass is 10.0. The zero-order chi connectivity index (χ0) is 19.7. The molecule has 0 bridgehead atoms. The van der Waals surface area contributed by atoms with Crippen LogP contribution in [0.4, 0.5) is 4.39 Å². The number of ether oxygens (including phenoxy) is 1. The molecule has 2 N–H and O–H groups in total. The van der Waals surface area contributed by atoms with Crippen LogP contribution in [0, 0.1) is 29.1 Å². The quantitative estimate of drug-likeness (QED) is 0.772. The maximum atomic E-state index is 13.4. The Hall–Kier alpha value is -2.69. The molecule has 4 atom stereocenters. The van der Waals surface area contributed by atoms with Gasteiger partial charge in [-0.3, -0.25) is 4.90 Å². The highest BCUT2D eigenvalue weighted by molar-refractivity contribution is 5.34. The molecule has 4 rings (SSSR count). The molecule has 2 aromatic rings. The topological polar surface area (TPSA) is 89.6 Å². The molecule has 1 aromatic carbocycles. The first kappa shape index (κ1) is 18.7. The van der Waals surface area contributed by atoms with E-state index in [1.807, 2.05) is 12.1 Å². The van der Waals surface area contributed by atoms with Crippen LogP contribution in [-0.2, 0) is 0 Å². The summed E-state index contributed by atoms with van der Waals surface area (Å²) in [6.45, 7) is 2.14. The number of nitrogens with zero attached hydrogens (tertiary/aromatic N) is 3. The van der Waals surface area contributed by atoms with Crippen LogP contribution >= 0.6 is 0 Å². The molecule has 7 heteroatoms. The van der Waals surface area contributed by atoms with Crippen molar-refractivity contribution < 1.29 is 19.3 Å². The van der Waals surface area contributed by atoms with Crippen LogP contribution in [-0.4, -0.2) is 45.8 Å². The second-order valence-electron chi connectivity index (χ2n) is 7.65. The molecule has 2 fully saturated rings. The number of pyridine rings is 1. The molecular weight excluding hydrogens is 361 g/mol. The van der Waals surface area contributed by atoms with Gasteiger partial charge in [0.1, 0.15) is 11.9 Å². The van der Waals surface area contributed by atoms with Gasteiger partial charge in [0, 0.05) is 19.6 Å². The van der Waals surface area contributed by atoms with Crippen molar-refractivity contribution in [1.29, 1.82) is 5.26 Å². The van der Waals surface area contributed by atoms with Crippen molar-refractivity contribution in [3.63, 3.8) is 0 Å². The minimum Gasteiger partial charge on any atom is -0.504 e. The summed E-state index contributed by atoms with van der Waals surface area (Å²) >= 11 is 0. The first-order valence-corrected chi connectivity index (χ1v) is 9.44. The van der Waals surface area contributed by atoms with Crippen molar-refractivity contribution in [3.8, 4) is 17.6 Å². The summed E-state index contributed by atoms with van der Waals surface area (Å²) in [5, 5.41) is 28.4. The van der Waals surface area contributed by atoms with Gasteiger partial charge in [0.2, 0.25) is 0 Å². The fourth-order valence-corrected chi connectivity index (χ4v) is 4.35. The fourth-order valence-electron chi connectivity index (χ4n) is 4.35. The van der Waals surface area contributed by atoms with Gasteiger partial charge in [-0.2, -0.15) is 9.65 Å². The van der Waals surface area contributed by atoms with Crippen LogP contribution < -0.4 is 4.74 Å². The Morgan fingerprint density at radius 1 is 1.18 bits per heavy atom. The standard InChI is InChI=1S/C21H22FN3O3/c22-21-19(26)6-5-18(24-21)20(27)12-25-10-14-7-17(8-15(14)11-25)28-16-3-1-13(9-23)2-4-16/h1-6,14-15,17,20,26-27H,7-8,10-12H2/t14-,15+,17?,20-/m0/s1. The highest BCUT2D eigenvalue weighted by Crippen LogP contribution is 2.40. The summed E-state index contributed by atoms with van der Waals surface area (Å²) in [6, 6.07) is 11.9. The number of aromatic hydroxyl groups is 1. The van der Waals surface area contributed by atoms with Gasteiger partial charge < -0.3 is 14.9 Å². The van der Waals surface area contributed by atoms with Gasteiger partial charge in [0.25, 0.3) is 5.95 Å². The molecule has 146 valence electrons. The number of likely N-dealkylation sites (tertiary alicyclic amines) is 1. The van der Waals surface area contributed by atoms with Crippen LogP contribution in [0.25, 0.3) is 0 Å². The molecule has 2 aliphatic rings. The smallest absolute Gasteiger partial charge is 0.255 e. The monoisotopic (exact) mass is 383 g/mol. The van der Waals surface area contributed by atoms with Gasteiger partial charge >= 0.3 is 0 Å². The molecule has 6 nitrogen and oxygen atoms in total. The van der Waals surface area contributed by atoms with Crippen LogP contribution in [0.2, 0.25) is 0 Å². The first-order chi connectivity index (χ1) is 13.5. The zero-order valence-electron chi connectivity index (χ0n) is 15.3. The molecule has 2 heterocycles. The first-order valence-electron chi connectivity index (χ1n) is 9.44. The second-order valence-corrected chi connectivity index (χ2v) is 7.65. The van der Waals surface area contributed by atoms with Gasteiger partial charge in [0.15, 0.2) is 5.75 Å². The van der Waals surface area contributed by atoms with E-state index in [2.05, 4.69) is 16.0 Å². The second kappa shape index (κ2) is 7.74. The van der Waals surface area contributed by atoms with Gasteiger partial charge in [-0.1, -0.05) is 0 Å². The average molecular weight is 383 g/mol. The third-order valence-electron chi connectivity index (χ3n) is 5.69. The van der Waals surface area contributed by atoms with E-state index in [1.165, 1.54) is 12.1 Å². The van der Waals surface area contributed by atoms with E-state index in [4.69, 9.17) is 10.00 Å². The fraction of sp³-hybridized carbons (Fsp3) is 0.429.